The smallest absolute Gasteiger partial charge is 0.251 e. The van der Waals surface area contributed by atoms with Crippen LogP contribution in [0.5, 0.6) is 0 Å². The Labute approximate surface area is 210 Å². The minimum atomic E-state index is -1.15. The fourth-order valence-corrected chi connectivity index (χ4v) is 4.41. The average molecular weight is 516 g/mol. The Morgan fingerprint density at radius 1 is 1.00 bits per heavy atom. The Morgan fingerprint density at radius 3 is 2.25 bits per heavy atom. The van der Waals surface area contributed by atoms with Crippen LogP contribution < -0.4 is 5.32 Å². The Kier molecular flexibility index (Phi) is 7.17. The third kappa shape index (κ3) is 4.86. The van der Waals surface area contributed by atoms with E-state index in [1.54, 1.807) is 6.92 Å². The van der Waals surface area contributed by atoms with E-state index in [1.807, 2.05) is 37.3 Å². The standard InChI is InChI=1S/C27H22ClF4N3O/c1-14(16-7-5-4-6-8-16)33-27(36)23-15(2)35(3)26(24-21(31)12-18(30)13-22(24)32)34-25(23)19-10-9-17(29)11-20(19)28/h4-14,25H,1-3H3,(H,33,36)/t14?,25-/m0/s1. The van der Waals surface area contributed by atoms with Crippen LogP contribution in [0.2, 0.25) is 5.02 Å². The summed E-state index contributed by atoms with van der Waals surface area (Å²) < 4.78 is 56.8. The van der Waals surface area contributed by atoms with E-state index in [1.165, 1.54) is 18.0 Å². The summed E-state index contributed by atoms with van der Waals surface area (Å²) in [6, 6.07) is 12.5. The number of nitrogens with one attached hydrogen (secondary N) is 1. The number of hydrogen-bond donors (Lipinski definition) is 1. The molecule has 0 fully saturated rings. The highest BCUT2D eigenvalue weighted by Gasteiger charge is 2.35. The average Bonchev–Trinajstić information content (AvgIpc) is 2.81. The van der Waals surface area contributed by atoms with Gasteiger partial charge < -0.3 is 10.2 Å². The molecule has 1 aliphatic heterocycles. The molecule has 9 heteroatoms. The zero-order chi connectivity index (χ0) is 26.1. The maximum absolute atomic E-state index is 14.7. The second kappa shape index (κ2) is 10.1. The quantitative estimate of drug-likeness (QED) is 0.395. The highest BCUT2D eigenvalue weighted by atomic mass is 35.5. The fourth-order valence-electron chi connectivity index (χ4n) is 4.14. The first kappa shape index (κ1) is 25.4. The number of aliphatic imine (C=N–C) groups is 1. The molecule has 0 aromatic heterocycles. The second-order valence-electron chi connectivity index (χ2n) is 8.43. The third-order valence-corrected chi connectivity index (χ3v) is 6.44. The second-order valence-corrected chi connectivity index (χ2v) is 8.84. The molecule has 3 aromatic carbocycles. The van der Waals surface area contributed by atoms with Crippen LogP contribution in [0.15, 0.2) is 76.9 Å². The lowest BCUT2D eigenvalue weighted by Crippen LogP contribution is -2.39. The van der Waals surface area contributed by atoms with Crippen LogP contribution in [-0.2, 0) is 4.79 Å². The SMILES string of the molecule is CC1=C(C(=O)NC(C)c2ccccc2)[C@H](c2ccc(F)cc2Cl)N=C(c2c(F)cc(F)cc2F)N1C. The van der Waals surface area contributed by atoms with Gasteiger partial charge in [0.05, 0.1) is 17.2 Å². The first-order valence-electron chi connectivity index (χ1n) is 11.1. The van der Waals surface area contributed by atoms with Crippen molar-refractivity contribution in [2.45, 2.75) is 25.9 Å². The summed E-state index contributed by atoms with van der Waals surface area (Å²) in [7, 11) is 1.49. The van der Waals surface area contributed by atoms with Crippen molar-refractivity contribution in [3.05, 3.63) is 117 Å². The molecule has 0 aliphatic carbocycles. The van der Waals surface area contributed by atoms with Crippen LogP contribution >= 0.6 is 11.6 Å². The predicted octanol–water partition coefficient (Wildman–Crippen LogP) is 6.48. The summed E-state index contributed by atoms with van der Waals surface area (Å²) in [5.41, 5.74) is 1.08. The molecule has 0 bridgehead atoms. The number of amidine groups is 1. The molecular weight excluding hydrogens is 494 g/mol. The van der Waals surface area contributed by atoms with Crippen molar-refractivity contribution in [3.63, 3.8) is 0 Å². The third-order valence-electron chi connectivity index (χ3n) is 6.11. The molecule has 4 rings (SSSR count). The van der Waals surface area contributed by atoms with Crippen LogP contribution in [-0.4, -0.2) is 23.7 Å². The van der Waals surface area contributed by atoms with Crippen molar-refractivity contribution in [3.8, 4) is 0 Å². The van der Waals surface area contributed by atoms with E-state index in [0.29, 0.717) is 17.8 Å². The van der Waals surface area contributed by atoms with Crippen LogP contribution in [0.3, 0.4) is 0 Å². The lowest BCUT2D eigenvalue weighted by molar-refractivity contribution is -0.118. The van der Waals surface area contributed by atoms with Gasteiger partial charge >= 0.3 is 0 Å². The molecule has 1 amide bonds. The van der Waals surface area contributed by atoms with Crippen molar-refractivity contribution >= 4 is 23.3 Å². The zero-order valence-corrected chi connectivity index (χ0v) is 20.4. The van der Waals surface area contributed by atoms with Gasteiger partial charge in [0, 0.05) is 35.5 Å². The molecule has 1 heterocycles. The molecular formula is C27H22ClF4N3O. The normalized spacial score (nSPS) is 16.6. The molecule has 2 atom stereocenters. The fraction of sp³-hybridized carbons (Fsp3) is 0.185. The summed E-state index contributed by atoms with van der Waals surface area (Å²) in [4.78, 5) is 19.4. The minimum absolute atomic E-state index is 0.0121. The van der Waals surface area contributed by atoms with Gasteiger partial charge in [-0.05, 0) is 31.5 Å². The van der Waals surface area contributed by atoms with Crippen molar-refractivity contribution in [2.75, 3.05) is 7.05 Å². The largest absolute Gasteiger partial charge is 0.346 e. The number of carbonyl (C=O) groups is 1. The molecule has 0 radical (unpaired) electrons. The molecule has 3 aromatic rings. The summed E-state index contributed by atoms with van der Waals surface area (Å²) >= 11 is 6.32. The Hall–Kier alpha value is -3.65. The maximum atomic E-state index is 14.7. The summed E-state index contributed by atoms with van der Waals surface area (Å²) in [6.07, 6.45) is 0. The lowest BCUT2D eigenvalue weighted by atomic mass is 9.93. The van der Waals surface area contributed by atoms with Gasteiger partial charge in [-0.2, -0.15) is 0 Å². The number of halogens is 5. The van der Waals surface area contributed by atoms with E-state index < -0.39 is 40.8 Å². The van der Waals surface area contributed by atoms with Crippen LogP contribution in [0.1, 0.15) is 42.6 Å². The number of carbonyl (C=O) groups excluding carboxylic acids is 1. The Bertz CT molecular complexity index is 1370. The number of rotatable bonds is 5. The first-order valence-corrected chi connectivity index (χ1v) is 11.4. The zero-order valence-electron chi connectivity index (χ0n) is 19.6. The van der Waals surface area contributed by atoms with E-state index in [-0.39, 0.29) is 28.0 Å². The highest BCUT2D eigenvalue weighted by Crippen LogP contribution is 2.39. The number of amides is 1. The predicted molar refractivity (Wildman–Crippen MR) is 130 cm³/mol. The van der Waals surface area contributed by atoms with Crippen LogP contribution in [0, 0.1) is 23.3 Å². The van der Waals surface area contributed by atoms with Crippen molar-refractivity contribution < 1.29 is 22.4 Å². The molecule has 1 unspecified atom stereocenters. The van der Waals surface area contributed by atoms with Gasteiger partial charge in [0.25, 0.3) is 5.91 Å². The topological polar surface area (TPSA) is 44.7 Å². The Morgan fingerprint density at radius 2 is 1.64 bits per heavy atom. The molecule has 0 spiro atoms. The van der Waals surface area contributed by atoms with Crippen LogP contribution in [0.4, 0.5) is 17.6 Å². The molecule has 4 nitrogen and oxygen atoms in total. The number of nitrogens with zero attached hydrogens (tertiary/aromatic N) is 2. The number of benzene rings is 3. The van der Waals surface area contributed by atoms with Gasteiger partial charge in [-0.1, -0.05) is 48.0 Å². The van der Waals surface area contributed by atoms with Crippen molar-refractivity contribution in [1.82, 2.24) is 10.2 Å². The van der Waals surface area contributed by atoms with Crippen LogP contribution in [0.25, 0.3) is 0 Å². The van der Waals surface area contributed by atoms with E-state index in [9.17, 15) is 22.4 Å². The van der Waals surface area contributed by atoms with Gasteiger partial charge in [-0.15, -0.1) is 0 Å². The van der Waals surface area contributed by atoms with Crippen molar-refractivity contribution in [1.29, 1.82) is 0 Å². The van der Waals surface area contributed by atoms with Crippen molar-refractivity contribution in [2.24, 2.45) is 4.99 Å². The first-order chi connectivity index (χ1) is 17.1. The number of hydrogen-bond acceptors (Lipinski definition) is 3. The number of allylic oxidation sites excluding steroid dienone is 1. The van der Waals surface area contributed by atoms with E-state index in [2.05, 4.69) is 10.3 Å². The van der Waals surface area contributed by atoms with E-state index in [0.717, 1.165) is 17.7 Å². The maximum Gasteiger partial charge on any atom is 0.251 e. The molecule has 1 N–H and O–H groups in total. The monoisotopic (exact) mass is 515 g/mol. The Balaban J connectivity index is 1.84. The van der Waals surface area contributed by atoms with E-state index >= 15 is 0 Å². The van der Waals surface area contributed by atoms with Gasteiger partial charge in [-0.3, -0.25) is 9.79 Å². The lowest BCUT2D eigenvalue weighted by Gasteiger charge is -2.34. The minimum Gasteiger partial charge on any atom is -0.346 e. The molecule has 0 saturated heterocycles. The molecule has 1 aliphatic rings. The summed E-state index contributed by atoms with van der Waals surface area (Å²) in [5.74, 6) is -4.63. The highest BCUT2D eigenvalue weighted by molar-refractivity contribution is 6.31. The molecule has 186 valence electrons. The van der Waals surface area contributed by atoms with Gasteiger partial charge in [0.2, 0.25) is 0 Å². The molecule has 36 heavy (non-hydrogen) atoms. The molecule has 0 saturated carbocycles. The van der Waals surface area contributed by atoms with Gasteiger partial charge in [0.15, 0.2) is 0 Å². The summed E-state index contributed by atoms with van der Waals surface area (Å²) in [6.45, 7) is 3.41. The van der Waals surface area contributed by atoms with Gasteiger partial charge in [0.1, 0.15) is 35.1 Å². The van der Waals surface area contributed by atoms with Gasteiger partial charge in [-0.25, -0.2) is 17.6 Å². The van der Waals surface area contributed by atoms with E-state index in [4.69, 9.17) is 11.6 Å². The summed E-state index contributed by atoms with van der Waals surface area (Å²) in [5, 5.41) is 2.91.